The number of rotatable bonds is 4. The molecule has 1 rings (SSSR count). The highest BCUT2D eigenvalue weighted by molar-refractivity contribution is 4.78. The molecule has 0 aromatic carbocycles. The Morgan fingerprint density at radius 3 is 2.69 bits per heavy atom. The van der Waals surface area contributed by atoms with Crippen LogP contribution >= 0.6 is 0 Å². The van der Waals surface area contributed by atoms with Gasteiger partial charge in [-0.05, 0) is 20.3 Å². The molecule has 3 unspecified atom stereocenters. The molecule has 0 aliphatic carbocycles. The quantitative estimate of drug-likeness (QED) is 0.679. The topological polar surface area (TPSA) is 21.3 Å². The predicted octanol–water partition coefficient (Wildman–Crippen LogP) is 2.33. The van der Waals surface area contributed by atoms with Crippen LogP contribution in [0.4, 0.5) is 0 Å². The molecule has 0 spiro atoms. The molecule has 0 saturated carbocycles. The highest BCUT2D eigenvalue weighted by Crippen LogP contribution is 2.14. The van der Waals surface area contributed by atoms with Crippen LogP contribution in [0.2, 0.25) is 0 Å². The number of unbranched alkanes of at least 4 members (excludes halogenated alkanes) is 2. The molecule has 1 heterocycles. The third kappa shape index (κ3) is 3.65. The molecule has 13 heavy (non-hydrogen) atoms. The monoisotopic (exact) mass is 185 g/mol. The Hall–Kier alpha value is -0.0800. The standard InChI is InChI=1S/C11H23NO/c1-4-5-6-7-11-8-12-9(2)10(3)13-11/h9-12H,4-8H2,1-3H3. The van der Waals surface area contributed by atoms with Crippen molar-refractivity contribution in [1.82, 2.24) is 5.32 Å². The van der Waals surface area contributed by atoms with E-state index in [4.69, 9.17) is 4.74 Å². The highest BCUT2D eigenvalue weighted by atomic mass is 16.5. The van der Waals surface area contributed by atoms with Crippen LogP contribution in [0.25, 0.3) is 0 Å². The van der Waals surface area contributed by atoms with Gasteiger partial charge in [0.1, 0.15) is 0 Å². The van der Waals surface area contributed by atoms with Crippen molar-refractivity contribution in [2.75, 3.05) is 6.54 Å². The van der Waals surface area contributed by atoms with Crippen LogP contribution in [0.3, 0.4) is 0 Å². The second kappa shape index (κ2) is 5.61. The van der Waals surface area contributed by atoms with Crippen molar-refractivity contribution in [3.63, 3.8) is 0 Å². The molecular formula is C11H23NO. The summed E-state index contributed by atoms with van der Waals surface area (Å²) >= 11 is 0. The van der Waals surface area contributed by atoms with Crippen molar-refractivity contribution in [2.24, 2.45) is 0 Å². The molecular weight excluding hydrogens is 162 g/mol. The van der Waals surface area contributed by atoms with E-state index >= 15 is 0 Å². The fourth-order valence-corrected chi connectivity index (χ4v) is 1.74. The van der Waals surface area contributed by atoms with Gasteiger partial charge in [-0.15, -0.1) is 0 Å². The van der Waals surface area contributed by atoms with Crippen LogP contribution in [0, 0.1) is 0 Å². The van der Waals surface area contributed by atoms with E-state index in [0.29, 0.717) is 18.2 Å². The summed E-state index contributed by atoms with van der Waals surface area (Å²) in [5.74, 6) is 0. The average Bonchev–Trinajstić information content (AvgIpc) is 2.12. The van der Waals surface area contributed by atoms with Crippen molar-refractivity contribution in [1.29, 1.82) is 0 Å². The van der Waals surface area contributed by atoms with Gasteiger partial charge >= 0.3 is 0 Å². The highest BCUT2D eigenvalue weighted by Gasteiger charge is 2.23. The van der Waals surface area contributed by atoms with Crippen molar-refractivity contribution in [3.05, 3.63) is 0 Å². The zero-order chi connectivity index (χ0) is 9.68. The Balaban J connectivity index is 2.14. The van der Waals surface area contributed by atoms with Crippen LogP contribution in [-0.4, -0.2) is 24.8 Å². The van der Waals surface area contributed by atoms with Gasteiger partial charge in [-0.2, -0.15) is 0 Å². The van der Waals surface area contributed by atoms with E-state index in [0.717, 1.165) is 6.54 Å². The maximum atomic E-state index is 5.88. The summed E-state index contributed by atoms with van der Waals surface area (Å²) in [6.07, 6.45) is 6.00. The van der Waals surface area contributed by atoms with E-state index in [1.165, 1.54) is 25.7 Å². The molecule has 0 radical (unpaired) electrons. The van der Waals surface area contributed by atoms with E-state index in [2.05, 4.69) is 26.1 Å². The molecule has 1 N–H and O–H groups in total. The van der Waals surface area contributed by atoms with Crippen LogP contribution in [-0.2, 0) is 4.74 Å². The van der Waals surface area contributed by atoms with Gasteiger partial charge in [0.15, 0.2) is 0 Å². The van der Waals surface area contributed by atoms with Crippen molar-refractivity contribution in [3.8, 4) is 0 Å². The third-order valence-electron chi connectivity index (χ3n) is 2.91. The minimum Gasteiger partial charge on any atom is -0.372 e. The molecule has 0 amide bonds. The predicted molar refractivity (Wildman–Crippen MR) is 55.9 cm³/mol. The molecule has 0 aromatic heterocycles. The third-order valence-corrected chi connectivity index (χ3v) is 2.91. The molecule has 2 nitrogen and oxygen atoms in total. The smallest absolute Gasteiger partial charge is 0.0704 e. The first-order valence-corrected chi connectivity index (χ1v) is 5.63. The number of ether oxygens (including phenoxy) is 1. The fraction of sp³-hybridized carbons (Fsp3) is 1.00. The lowest BCUT2D eigenvalue weighted by Gasteiger charge is -2.33. The Labute approximate surface area is 82.0 Å². The minimum atomic E-state index is 0.375. The Morgan fingerprint density at radius 2 is 2.08 bits per heavy atom. The average molecular weight is 185 g/mol. The van der Waals surface area contributed by atoms with Gasteiger partial charge in [0.05, 0.1) is 12.2 Å². The van der Waals surface area contributed by atoms with Gasteiger partial charge in [-0.3, -0.25) is 0 Å². The van der Waals surface area contributed by atoms with Crippen LogP contribution in [0.15, 0.2) is 0 Å². The summed E-state index contributed by atoms with van der Waals surface area (Å²) in [5.41, 5.74) is 0. The zero-order valence-corrected chi connectivity index (χ0v) is 9.18. The SMILES string of the molecule is CCCCCC1CNC(C)C(C)O1. The van der Waals surface area contributed by atoms with E-state index in [1.807, 2.05) is 0 Å². The lowest BCUT2D eigenvalue weighted by atomic mass is 10.1. The Bertz CT molecular complexity index is 138. The van der Waals surface area contributed by atoms with Crippen molar-refractivity contribution >= 4 is 0 Å². The number of morpholine rings is 1. The van der Waals surface area contributed by atoms with E-state index in [9.17, 15) is 0 Å². The molecule has 1 saturated heterocycles. The van der Waals surface area contributed by atoms with Crippen LogP contribution in [0.5, 0.6) is 0 Å². The van der Waals surface area contributed by atoms with Gasteiger partial charge < -0.3 is 10.1 Å². The van der Waals surface area contributed by atoms with Crippen molar-refractivity contribution in [2.45, 2.75) is 64.7 Å². The summed E-state index contributed by atoms with van der Waals surface area (Å²) in [6, 6.07) is 0.516. The van der Waals surface area contributed by atoms with Gasteiger partial charge in [0.2, 0.25) is 0 Å². The first-order valence-electron chi connectivity index (χ1n) is 5.63. The number of hydrogen-bond acceptors (Lipinski definition) is 2. The molecule has 1 aliphatic heterocycles. The molecule has 78 valence electrons. The molecule has 0 aromatic rings. The molecule has 2 heteroatoms. The Kier molecular flexibility index (Phi) is 4.74. The normalized spacial score (nSPS) is 34.8. The summed E-state index contributed by atoms with van der Waals surface area (Å²) < 4.78 is 5.88. The zero-order valence-electron chi connectivity index (χ0n) is 9.18. The van der Waals surface area contributed by atoms with Crippen LogP contribution in [0.1, 0.15) is 46.5 Å². The molecule has 3 atom stereocenters. The second-order valence-corrected chi connectivity index (χ2v) is 4.16. The van der Waals surface area contributed by atoms with E-state index in [1.54, 1.807) is 0 Å². The number of nitrogens with one attached hydrogen (secondary N) is 1. The maximum absolute atomic E-state index is 5.88. The minimum absolute atomic E-state index is 0.375. The number of hydrogen-bond donors (Lipinski definition) is 1. The van der Waals surface area contributed by atoms with Crippen molar-refractivity contribution < 1.29 is 4.74 Å². The largest absolute Gasteiger partial charge is 0.372 e. The summed E-state index contributed by atoms with van der Waals surface area (Å²) in [5, 5.41) is 3.48. The fourth-order valence-electron chi connectivity index (χ4n) is 1.74. The molecule has 0 bridgehead atoms. The van der Waals surface area contributed by atoms with Crippen LogP contribution < -0.4 is 5.32 Å². The van der Waals surface area contributed by atoms with Gasteiger partial charge in [-0.1, -0.05) is 26.2 Å². The first-order chi connectivity index (χ1) is 6.24. The summed E-state index contributed by atoms with van der Waals surface area (Å²) in [4.78, 5) is 0. The van der Waals surface area contributed by atoms with Gasteiger partial charge in [-0.25, -0.2) is 0 Å². The molecule has 1 aliphatic rings. The van der Waals surface area contributed by atoms with E-state index < -0.39 is 0 Å². The maximum Gasteiger partial charge on any atom is 0.0704 e. The Morgan fingerprint density at radius 1 is 1.31 bits per heavy atom. The lowest BCUT2D eigenvalue weighted by Crippen LogP contribution is -2.49. The van der Waals surface area contributed by atoms with Gasteiger partial charge in [0.25, 0.3) is 0 Å². The molecule has 1 fully saturated rings. The lowest BCUT2D eigenvalue weighted by molar-refractivity contribution is -0.0530. The first kappa shape index (κ1) is 11.0. The van der Waals surface area contributed by atoms with E-state index in [-0.39, 0.29) is 0 Å². The summed E-state index contributed by atoms with van der Waals surface area (Å²) in [7, 11) is 0. The van der Waals surface area contributed by atoms with Gasteiger partial charge in [0, 0.05) is 12.6 Å². The second-order valence-electron chi connectivity index (χ2n) is 4.16. The summed E-state index contributed by atoms with van der Waals surface area (Å²) in [6.45, 7) is 7.62.